The Bertz CT molecular complexity index is 728. The van der Waals surface area contributed by atoms with E-state index < -0.39 is 54.5 Å². The lowest BCUT2D eigenvalue weighted by Crippen LogP contribution is -2.59. The molecule has 12 nitrogen and oxygen atoms in total. The van der Waals surface area contributed by atoms with Gasteiger partial charge < -0.3 is 36.9 Å². The van der Waals surface area contributed by atoms with Crippen LogP contribution in [-0.4, -0.2) is 80.4 Å². The highest BCUT2D eigenvalue weighted by molar-refractivity contribution is 7.80. The van der Waals surface area contributed by atoms with E-state index in [4.69, 9.17) is 15.9 Å². The van der Waals surface area contributed by atoms with Gasteiger partial charge in [-0.1, -0.05) is 13.8 Å². The van der Waals surface area contributed by atoms with Gasteiger partial charge >= 0.3 is 5.97 Å². The molecular formula is C17H28N6O6S. The topological polar surface area (TPSA) is 200 Å². The van der Waals surface area contributed by atoms with Crippen LogP contribution in [0.3, 0.4) is 0 Å². The van der Waals surface area contributed by atoms with Gasteiger partial charge in [0.2, 0.25) is 17.7 Å². The van der Waals surface area contributed by atoms with Crippen LogP contribution in [-0.2, 0) is 25.6 Å². The fourth-order valence-corrected chi connectivity index (χ4v) is 2.59. The molecule has 0 aromatic carbocycles. The van der Waals surface area contributed by atoms with Crippen molar-refractivity contribution < 1.29 is 29.4 Å². The molecule has 1 aromatic rings. The fraction of sp³-hybridized carbons (Fsp3) is 0.588. The first-order chi connectivity index (χ1) is 14.1. The van der Waals surface area contributed by atoms with Gasteiger partial charge in [-0.25, -0.2) is 9.78 Å². The van der Waals surface area contributed by atoms with E-state index >= 15 is 0 Å². The van der Waals surface area contributed by atoms with E-state index in [1.807, 2.05) is 0 Å². The smallest absolute Gasteiger partial charge is 0.328 e. The fourth-order valence-electron chi connectivity index (χ4n) is 2.42. The predicted octanol–water partition coefficient (Wildman–Crippen LogP) is -2.60. The van der Waals surface area contributed by atoms with Gasteiger partial charge in [-0.3, -0.25) is 14.4 Å². The number of aromatic nitrogens is 2. The number of imidazole rings is 1. The molecule has 1 rings (SSSR count). The third-order valence-corrected chi connectivity index (χ3v) is 4.58. The minimum absolute atomic E-state index is 0.0236. The number of hydrogen-bond donors (Lipinski definition) is 8. The molecule has 1 heterocycles. The summed E-state index contributed by atoms with van der Waals surface area (Å²) in [6.45, 7) is 2.58. The van der Waals surface area contributed by atoms with Crippen molar-refractivity contribution in [2.75, 3.05) is 12.4 Å². The quantitative estimate of drug-likeness (QED) is 0.160. The number of aromatic amines is 1. The summed E-state index contributed by atoms with van der Waals surface area (Å²) >= 11 is 3.95. The molecule has 0 aliphatic heterocycles. The lowest BCUT2D eigenvalue weighted by atomic mass is 10.0. The Morgan fingerprint density at radius 2 is 1.77 bits per heavy atom. The molecule has 0 saturated carbocycles. The van der Waals surface area contributed by atoms with E-state index in [0.29, 0.717) is 5.69 Å². The Kier molecular flexibility index (Phi) is 10.3. The number of amides is 3. The van der Waals surface area contributed by atoms with E-state index in [-0.39, 0.29) is 18.1 Å². The molecule has 4 atom stereocenters. The maximum absolute atomic E-state index is 12.8. The summed E-state index contributed by atoms with van der Waals surface area (Å²) in [6.07, 6.45) is 2.81. The average Bonchev–Trinajstić information content (AvgIpc) is 3.20. The summed E-state index contributed by atoms with van der Waals surface area (Å²) in [7, 11) is 0. The number of aliphatic carboxylic acids is 1. The zero-order valence-electron chi connectivity index (χ0n) is 16.7. The maximum Gasteiger partial charge on any atom is 0.328 e. The molecule has 168 valence electrons. The number of aliphatic hydroxyl groups excluding tert-OH is 1. The van der Waals surface area contributed by atoms with Crippen molar-refractivity contribution in [2.45, 2.75) is 44.4 Å². The average molecular weight is 445 g/mol. The van der Waals surface area contributed by atoms with Crippen LogP contribution in [0.25, 0.3) is 0 Å². The summed E-state index contributed by atoms with van der Waals surface area (Å²) in [5, 5.41) is 25.4. The highest BCUT2D eigenvalue weighted by Crippen LogP contribution is 2.06. The van der Waals surface area contributed by atoms with Gasteiger partial charge in [0.1, 0.15) is 18.1 Å². The van der Waals surface area contributed by atoms with Crippen molar-refractivity contribution in [3.63, 3.8) is 0 Å². The second-order valence-corrected chi connectivity index (χ2v) is 7.31. The summed E-state index contributed by atoms with van der Waals surface area (Å²) in [5.74, 6) is -3.72. The van der Waals surface area contributed by atoms with Crippen molar-refractivity contribution in [1.29, 1.82) is 0 Å². The minimum Gasteiger partial charge on any atom is -0.480 e. The van der Waals surface area contributed by atoms with Crippen LogP contribution >= 0.6 is 12.6 Å². The number of H-pyrrole nitrogens is 1. The first-order valence-corrected chi connectivity index (χ1v) is 9.82. The highest BCUT2D eigenvalue weighted by Gasteiger charge is 2.31. The summed E-state index contributed by atoms with van der Waals surface area (Å²) in [4.78, 5) is 55.2. The number of aliphatic hydroxyl groups is 1. The van der Waals surface area contributed by atoms with E-state index in [0.717, 1.165) is 0 Å². The second kappa shape index (κ2) is 12.1. The SMILES string of the molecule is CC(C)C(NC(=O)C(N)CS)C(=O)NC(Cc1cnc[nH]1)C(=O)NC(CO)C(=O)O. The highest BCUT2D eigenvalue weighted by atomic mass is 32.1. The van der Waals surface area contributed by atoms with E-state index in [1.165, 1.54) is 12.5 Å². The van der Waals surface area contributed by atoms with Crippen LogP contribution in [0.15, 0.2) is 12.5 Å². The number of carbonyl (C=O) groups is 4. The molecule has 0 fully saturated rings. The Labute approximate surface area is 178 Å². The standard InChI is InChI=1S/C17H28N6O6S/c1-8(2)13(23-14(25)10(18)6-30)16(27)21-11(3-9-4-19-7-20-9)15(26)22-12(5-24)17(28)29/h4,7-8,10-13,24,30H,3,5-6,18H2,1-2H3,(H,19,20)(H,21,27)(H,22,26)(H,23,25)(H,28,29). The van der Waals surface area contributed by atoms with E-state index in [1.54, 1.807) is 13.8 Å². The van der Waals surface area contributed by atoms with Crippen LogP contribution in [0.4, 0.5) is 0 Å². The van der Waals surface area contributed by atoms with Gasteiger partial charge in [0.25, 0.3) is 0 Å². The largest absolute Gasteiger partial charge is 0.480 e. The lowest BCUT2D eigenvalue weighted by Gasteiger charge is -2.26. The molecule has 0 aliphatic carbocycles. The summed E-state index contributed by atoms with van der Waals surface area (Å²) in [5.41, 5.74) is 6.14. The molecule has 0 radical (unpaired) electrons. The predicted molar refractivity (Wildman–Crippen MR) is 109 cm³/mol. The van der Waals surface area contributed by atoms with Crippen molar-refractivity contribution in [1.82, 2.24) is 25.9 Å². The molecule has 1 aromatic heterocycles. The second-order valence-electron chi connectivity index (χ2n) is 6.94. The monoisotopic (exact) mass is 444 g/mol. The molecular weight excluding hydrogens is 416 g/mol. The number of carboxylic acid groups (broad SMARTS) is 1. The summed E-state index contributed by atoms with van der Waals surface area (Å²) in [6, 6.07) is -4.63. The first kappa shape index (κ1) is 25.4. The van der Waals surface area contributed by atoms with Crippen molar-refractivity contribution >= 4 is 36.3 Å². The number of nitrogens with two attached hydrogens (primary N) is 1. The third kappa shape index (κ3) is 7.65. The molecule has 0 aliphatic rings. The Balaban J connectivity index is 2.99. The van der Waals surface area contributed by atoms with Gasteiger partial charge in [-0.05, 0) is 5.92 Å². The number of thiol groups is 1. The van der Waals surface area contributed by atoms with Crippen LogP contribution in [0, 0.1) is 5.92 Å². The van der Waals surface area contributed by atoms with E-state index in [9.17, 15) is 19.2 Å². The number of carbonyl (C=O) groups excluding carboxylic acids is 3. The third-order valence-electron chi connectivity index (χ3n) is 4.19. The van der Waals surface area contributed by atoms with Gasteiger partial charge in [-0.2, -0.15) is 12.6 Å². The van der Waals surface area contributed by atoms with Gasteiger partial charge in [0.05, 0.1) is 19.0 Å². The Morgan fingerprint density at radius 1 is 1.13 bits per heavy atom. The van der Waals surface area contributed by atoms with Gasteiger partial charge in [-0.15, -0.1) is 0 Å². The molecule has 30 heavy (non-hydrogen) atoms. The molecule has 4 unspecified atom stereocenters. The number of carboxylic acids is 1. The van der Waals surface area contributed by atoms with Crippen LogP contribution in [0.5, 0.6) is 0 Å². The number of nitrogens with zero attached hydrogens (tertiary/aromatic N) is 1. The van der Waals surface area contributed by atoms with Gasteiger partial charge in [0.15, 0.2) is 0 Å². The lowest BCUT2D eigenvalue weighted by molar-refractivity contribution is -0.143. The zero-order chi connectivity index (χ0) is 22.8. The maximum atomic E-state index is 12.8. The number of rotatable bonds is 12. The van der Waals surface area contributed by atoms with Gasteiger partial charge in [0, 0.05) is 24.1 Å². The van der Waals surface area contributed by atoms with Crippen LogP contribution in [0.2, 0.25) is 0 Å². The van der Waals surface area contributed by atoms with Crippen LogP contribution < -0.4 is 21.7 Å². The molecule has 0 spiro atoms. The van der Waals surface area contributed by atoms with Crippen molar-refractivity contribution in [3.05, 3.63) is 18.2 Å². The first-order valence-electron chi connectivity index (χ1n) is 9.19. The van der Waals surface area contributed by atoms with E-state index in [2.05, 4.69) is 38.5 Å². The Morgan fingerprint density at radius 3 is 2.23 bits per heavy atom. The summed E-state index contributed by atoms with van der Waals surface area (Å²) < 4.78 is 0. The Hall–Kier alpha value is -2.64. The van der Waals surface area contributed by atoms with Crippen molar-refractivity contribution in [3.8, 4) is 0 Å². The molecule has 0 saturated heterocycles. The number of nitrogens with one attached hydrogen (secondary N) is 4. The molecule has 8 N–H and O–H groups in total. The molecule has 3 amide bonds. The van der Waals surface area contributed by atoms with Crippen molar-refractivity contribution in [2.24, 2.45) is 11.7 Å². The normalized spacial score (nSPS) is 15.0. The molecule has 0 bridgehead atoms. The molecule has 13 heteroatoms. The number of hydrogen-bond acceptors (Lipinski definition) is 8. The minimum atomic E-state index is -1.53. The van der Waals surface area contributed by atoms with Crippen LogP contribution in [0.1, 0.15) is 19.5 Å². The zero-order valence-corrected chi connectivity index (χ0v) is 17.6.